The monoisotopic (exact) mass is 430 g/mol. The molecule has 0 aromatic heterocycles. The number of rotatable bonds is 5. The van der Waals surface area contributed by atoms with Gasteiger partial charge in [-0.25, -0.2) is 4.79 Å². The maximum absolute atomic E-state index is 14.0. The number of carbonyl (C=O) groups excluding carboxylic acids is 2. The number of esters is 1. The molecule has 0 aliphatic heterocycles. The highest BCUT2D eigenvalue weighted by Crippen LogP contribution is 2.35. The third-order valence-electron chi connectivity index (χ3n) is 6.52. The molecular formula is C27H30N2O3. The van der Waals surface area contributed by atoms with Gasteiger partial charge in [0.15, 0.2) is 0 Å². The molecule has 5 nitrogen and oxygen atoms in total. The van der Waals surface area contributed by atoms with E-state index >= 15 is 0 Å². The molecule has 32 heavy (non-hydrogen) atoms. The third-order valence-corrected chi connectivity index (χ3v) is 6.52. The van der Waals surface area contributed by atoms with Gasteiger partial charge in [-0.15, -0.1) is 0 Å². The van der Waals surface area contributed by atoms with Crippen molar-refractivity contribution in [1.29, 1.82) is 0 Å². The predicted molar refractivity (Wildman–Crippen MR) is 128 cm³/mol. The summed E-state index contributed by atoms with van der Waals surface area (Å²) in [7, 11) is 1.37. The van der Waals surface area contributed by atoms with E-state index in [-0.39, 0.29) is 11.9 Å². The van der Waals surface area contributed by atoms with Crippen molar-refractivity contribution in [2.75, 3.05) is 12.8 Å². The first-order chi connectivity index (χ1) is 15.5. The number of ether oxygens (including phenoxy) is 1. The number of nitrogens with zero attached hydrogens (tertiary/aromatic N) is 1. The van der Waals surface area contributed by atoms with Crippen molar-refractivity contribution in [3.05, 3.63) is 66.2 Å². The smallest absolute Gasteiger partial charge is 0.328 e. The van der Waals surface area contributed by atoms with Gasteiger partial charge in [0, 0.05) is 17.3 Å². The van der Waals surface area contributed by atoms with Gasteiger partial charge in [-0.05, 0) is 59.9 Å². The van der Waals surface area contributed by atoms with Gasteiger partial charge in [0.1, 0.15) is 6.04 Å². The number of fused-ring (bicyclic) bond motifs is 1. The summed E-state index contributed by atoms with van der Waals surface area (Å²) in [5, 5.41) is 2.15. The summed E-state index contributed by atoms with van der Waals surface area (Å²) in [6.07, 6.45) is 5.06. The molecule has 1 amide bonds. The molecule has 3 aromatic carbocycles. The molecule has 0 bridgehead atoms. The Morgan fingerprint density at radius 3 is 2.44 bits per heavy atom. The Kier molecular flexibility index (Phi) is 6.45. The Bertz CT molecular complexity index is 1130. The molecule has 1 saturated carbocycles. The molecule has 0 heterocycles. The lowest BCUT2D eigenvalue weighted by molar-refractivity contribution is -0.146. The Morgan fingerprint density at radius 1 is 0.969 bits per heavy atom. The van der Waals surface area contributed by atoms with E-state index in [2.05, 4.69) is 18.2 Å². The van der Waals surface area contributed by atoms with Crippen LogP contribution in [0.15, 0.2) is 60.7 Å². The standard InChI is InChI=1S/C27H30N2O3/c1-18(27(31)32-2)29(21-11-4-3-5-12-21)26(30)24-16-15-20(28)17-25(24)23-14-8-10-19-9-6-7-13-22(19)23/h6-10,13-18,21H,3-5,11-12,28H2,1-2H3/t18-/m0/s1. The minimum Gasteiger partial charge on any atom is -0.467 e. The van der Waals surface area contributed by atoms with Gasteiger partial charge in [0.2, 0.25) is 0 Å². The molecule has 0 spiro atoms. The van der Waals surface area contributed by atoms with Gasteiger partial charge in [0.25, 0.3) is 5.91 Å². The number of nitrogen functional groups attached to an aromatic ring is 1. The van der Waals surface area contributed by atoms with Crippen LogP contribution < -0.4 is 5.73 Å². The lowest BCUT2D eigenvalue weighted by atomic mass is 9.90. The number of carbonyl (C=O) groups is 2. The van der Waals surface area contributed by atoms with Crippen molar-refractivity contribution in [1.82, 2.24) is 4.90 Å². The number of anilines is 1. The summed E-state index contributed by atoms with van der Waals surface area (Å²) >= 11 is 0. The van der Waals surface area contributed by atoms with Gasteiger partial charge in [-0.2, -0.15) is 0 Å². The quantitative estimate of drug-likeness (QED) is 0.433. The van der Waals surface area contributed by atoms with Crippen LogP contribution in [-0.2, 0) is 9.53 Å². The van der Waals surface area contributed by atoms with Crippen LogP contribution in [0.4, 0.5) is 5.69 Å². The largest absolute Gasteiger partial charge is 0.467 e. The van der Waals surface area contributed by atoms with Crippen LogP contribution >= 0.6 is 0 Å². The number of hydrogen-bond donors (Lipinski definition) is 1. The fraction of sp³-hybridized carbons (Fsp3) is 0.333. The van der Waals surface area contributed by atoms with Crippen LogP contribution in [0.3, 0.4) is 0 Å². The summed E-state index contributed by atoms with van der Waals surface area (Å²) < 4.78 is 5.01. The fourth-order valence-corrected chi connectivity index (χ4v) is 4.87. The van der Waals surface area contributed by atoms with Crippen LogP contribution in [0.5, 0.6) is 0 Å². The van der Waals surface area contributed by atoms with Crippen LogP contribution in [0.25, 0.3) is 21.9 Å². The molecule has 1 fully saturated rings. The van der Waals surface area contributed by atoms with Crippen molar-refractivity contribution >= 4 is 28.3 Å². The zero-order chi connectivity index (χ0) is 22.7. The summed E-state index contributed by atoms with van der Waals surface area (Å²) in [5.74, 6) is -0.552. The molecule has 166 valence electrons. The van der Waals surface area contributed by atoms with Crippen molar-refractivity contribution in [3.8, 4) is 11.1 Å². The summed E-state index contributed by atoms with van der Waals surface area (Å²) in [5.41, 5.74) is 9.04. The molecule has 0 radical (unpaired) electrons. The molecule has 2 N–H and O–H groups in total. The minimum atomic E-state index is -0.659. The number of hydrogen-bond acceptors (Lipinski definition) is 4. The van der Waals surface area contributed by atoms with E-state index in [1.165, 1.54) is 7.11 Å². The highest BCUT2D eigenvalue weighted by Gasteiger charge is 2.35. The Balaban J connectivity index is 1.84. The van der Waals surface area contributed by atoms with Crippen LogP contribution in [0.1, 0.15) is 49.4 Å². The van der Waals surface area contributed by atoms with Crippen molar-refractivity contribution in [3.63, 3.8) is 0 Å². The summed E-state index contributed by atoms with van der Waals surface area (Å²) in [6.45, 7) is 1.76. The van der Waals surface area contributed by atoms with E-state index in [0.29, 0.717) is 11.3 Å². The number of nitrogens with two attached hydrogens (primary N) is 1. The molecule has 0 saturated heterocycles. The van der Waals surface area contributed by atoms with Gasteiger partial charge in [-0.3, -0.25) is 4.79 Å². The number of amides is 1. The first-order valence-corrected chi connectivity index (χ1v) is 11.3. The van der Waals surface area contributed by atoms with E-state index < -0.39 is 12.0 Å². The van der Waals surface area contributed by atoms with E-state index in [4.69, 9.17) is 10.5 Å². The molecule has 1 aliphatic rings. The van der Waals surface area contributed by atoms with Crippen molar-refractivity contribution in [2.24, 2.45) is 0 Å². The highest BCUT2D eigenvalue weighted by molar-refractivity contribution is 6.07. The van der Waals surface area contributed by atoms with E-state index in [9.17, 15) is 9.59 Å². The Labute approximate surface area is 189 Å². The zero-order valence-corrected chi connectivity index (χ0v) is 18.7. The second-order valence-electron chi connectivity index (χ2n) is 8.54. The lowest BCUT2D eigenvalue weighted by Gasteiger charge is -2.38. The third kappa shape index (κ3) is 4.20. The molecular weight excluding hydrogens is 400 g/mol. The topological polar surface area (TPSA) is 72.6 Å². The summed E-state index contributed by atoms with van der Waals surface area (Å²) in [4.78, 5) is 28.2. The molecule has 0 unspecified atom stereocenters. The van der Waals surface area contributed by atoms with Gasteiger partial charge < -0.3 is 15.4 Å². The van der Waals surface area contributed by atoms with Gasteiger partial charge >= 0.3 is 5.97 Å². The van der Waals surface area contributed by atoms with Gasteiger partial charge in [-0.1, -0.05) is 61.7 Å². The van der Waals surface area contributed by atoms with E-state index in [0.717, 1.165) is 54.0 Å². The maximum atomic E-state index is 14.0. The molecule has 3 aromatic rings. The number of methoxy groups -OCH3 is 1. The van der Waals surface area contributed by atoms with Crippen molar-refractivity contribution in [2.45, 2.75) is 51.1 Å². The second-order valence-corrected chi connectivity index (χ2v) is 8.54. The Morgan fingerprint density at radius 2 is 1.69 bits per heavy atom. The predicted octanol–water partition coefficient (Wildman–Crippen LogP) is 5.43. The lowest BCUT2D eigenvalue weighted by Crippen LogP contribution is -2.50. The molecule has 1 aliphatic carbocycles. The van der Waals surface area contributed by atoms with Crippen LogP contribution in [0.2, 0.25) is 0 Å². The summed E-state index contributed by atoms with van der Waals surface area (Å²) in [6, 6.07) is 18.9. The fourth-order valence-electron chi connectivity index (χ4n) is 4.87. The minimum absolute atomic E-state index is 0.0169. The molecule has 1 atom stereocenters. The maximum Gasteiger partial charge on any atom is 0.328 e. The second kappa shape index (κ2) is 9.43. The molecule has 4 rings (SSSR count). The zero-order valence-electron chi connectivity index (χ0n) is 18.7. The molecule has 5 heteroatoms. The van der Waals surface area contributed by atoms with Crippen LogP contribution in [0, 0.1) is 0 Å². The van der Waals surface area contributed by atoms with Crippen LogP contribution in [-0.4, -0.2) is 36.0 Å². The first kappa shape index (κ1) is 21.9. The Hall–Kier alpha value is -3.34. The van der Waals surface area contributed by atoms with E-state index in [1.807, 2.05) is 30.3 Å². The normalized spacial score (nSPS) is 15.3. The SMILES string of the molecule is COC(=O)[C@H](C)N(C(=O)c1ccc(N)cc1-c1cccc2ccccc12)C1CCCCC1. The van der Waals surface area contributed by atoms with Crippen molar-refractivity contribution < 1.29 is 14.3 Å². The number of benzene rings is 3. The average molecular weight is 431 g/mol. The first-order valence-electron chi connectivity index (χ1n) is 11.3. The average Bonchev–Trinajstić information content (AvgIpc) is 2.83. The van der Waals surface area contributed by atoms with E-state index in [1.54, 1.807) is 24.0 Å². The highest BCUT2D eigenvalue weighted by atomic mass is 16.5. The van der Waals surface area contributed by atoms with Gasteiger partial charge in [0.05, 0.1) is 7.11 Å².